The Hall–Kier alpha value is -2.76. The van der Waals surface area contributed by atoms with E-state index < -0.39 is 0 Å². The molecule has 0 unspecified atom stereocenters. The van der Waals surface area contributed by atoms with E-state index in [-0.39, 0.29) is 12.5 Å². The number of benzene rings is 2. The van der Waals surface area contributed by atoms with E-state index in [4.69, 9.17) is 27.6 Å². The van der Waals surface area contributed by atoms with Crippen LogP contribution in [0.2, 0.25) is 10.3 Å². The van der Waals surface area contributed by atoms with Crippen molar-refractivity contribution in [2.45, 2.75) is 20.0 Å². The minimum atomic E-state index is -0.200. The Balaban J connectivity index is 1.46. The summed E-state index contributed by atoms with van der Waals surface area (Å²) in [7, 11) is 0. The second-order valence-electron chi connectivity index (χ2n) is 6.28. The average Bonchev–Trinajstić information content (AvgIpc) is 3.29. The fourth-order valence-electron chi connectivity index (χ4n) is 3.05. The van der Waals surface area contributed by atoms with E-state index in [0.29, 0.717) is 27.1 Å². The molecule has 0 aliphatic carbocycles. The van der Waals surface area contributed by atoms with Gasteiger partial charge in [0.05, 0.1) is 17.6 Å². The van der Waals surface area contributed by atoms with Crippen molar-refractivity contribution in [3.8, 4) is 11.3 Å². The van der Waals surface area contributed by atoms with Crippen LogP contribution in [0.25, 0.3) is 22.4 Å². The van der Waals surface area contributed by atoms with Crippen molar-refractivity contribution in [1.82, 2.24) is 14.9 Å². The van der Waals surface area contributed by atoms with Crippen LogP contribution < -0.4 is 5.32 Å². The molecule has 0 aliphatic heterocycles. The Kier molecular flexibility index (Phi) is 5.11. The molecule has 0 saturated heterocycles. The van der Waals surface area contributed by atoms with Crippen LogP contribution in [0.3, 0.4) is 0 Å². The molecule has 4 aromatic rings. The van der Waals surface area contributed by atoms with E-state index in [0.717, 1.165) is 23.4 Å². The van der Waals surface area contributed by atoms with E-state index in [2.05, 4.69) is 10.3 Å². The monoisotopic (exact) mass is 413 g/mol. The number of carbonyl (C=O) groups is 1. The smallest absolute Gasteiger partial charge is 0.251 e. The van der Waals surface area contributed by atoms with Crippen molar-refractivity contribution in [3.63, 3.8) is 0 Å². The summed E-state index contributed by atoms with van der Waals surface area (Å²) >= 11 is 12.0. The van der Waals surface area contributed by atoms with E-state index in [1.165, 1.54) is 0 Å². The summed E-state index contributed by atoms with van der Waals surface area (Å²) in [5.74, 6) is 1.19. The lowest BCUT2D eigenvalue weighted by molar-refractivity contribution is 0.0948. The highest BCUT2D eigenvalue weighted by Crippen LogP contribution is 2.24. The first-order chi connectivity index (χ1) is 13.5. The molecule has 0 aliphatic rings. The molecule has 0 bridgehead atoms. The molecule has 2 aromatic heterocycles. The number of carbonyl (C=O) groups excluding carboxylic acids is 1. The van der Waals surface area contributed by atoms with Crippen molar-refractivity contribution < 1.29 is 9.21 Å². The SMILES string of the molecule is CCn1c(Cl)nc2cc(C(=O)NCc3ccc(-c4ccc(Cl)cc4)o3)ccc21. The summed E-state index contributed by atoms with van der Waals surface area (Å²) in [6, 6.07) is 16.5. The number of amides is 1. The molecular formula is C21H17Cl2N3O2. The quantitative estimate of drug-likeness (QED) is 0.466. The molecule has 0 radical (unpaired) electrons. The molecule has 0 spiro atoms. The number of aryl methyl sites for hydroxylation is 1. The summed E-state index contributed by atoms with van der Waals surface area (Å²) in [6.07, 6.45) is 0. The van der Waals surface area contributed by atoms with Gasteiger partial charge in [-0.25, -0.2) is 4.98 Å². The molecule has 0 saturated carbocycles. The molecule has 7 heteroatoms. The number of aromatic nitrogens is 2. The Morgan fingerprint density at radius 3 is 2.64 bits per heavy atom. The molecule has 4 rings (SSSR count). The van der Waals surface area contributed by atoms with Crippen LogP contribution in [0, 0.1) is 0 Å². The zero-order valence-corrected chi connectivity index (χ0v) is 16.6. The second kappa shape index (κ2) is 7.70. The van der Waals surface area contributed by atoms with Gasteiger partial charge in [-0.2, -0.15) is 0 Å². The summed E-state index contributed by atoms with van der Waals surface area (Å²) in [6.45, 7) is 3.00. The normalized spacial score (nSPS) is 11.1. The van der Waals surface area contributed by atoms with Crippen LogP contribution in [-0.4, -0.2) is 15.5 Å². The van der Waals surface area contributed by atoms with Gasteiger partial charge in [0.25, 0.3) is 5.91 Å². The number of rotatable bonds is 5. The molecule has 2 aromatic carbocycles. The Morgan fingerprint density at radius 1 is 1.11 bits per heavy atom. The summed E-state index contributed by atoms with van der Waals surface area (Å²) in [5, 5.41) is 3.96. The number of imidazole rings is 1. The summed E-state index contributed by atoms with van der Waals surface area (Å²) < 4.78 is 7.70. The zero-order chi connectivity index (χ0) is 19.7. The fraction of sp³-hybridized carbons (Fsp3) is 0.143. The van der Waals surface area contributed by atoms with E-state index >= 15 is 0 Å². The fourth-order valence-corrected chi connectivity index (χ4v) is 3.48. The van der Waals surface area contributed by atoms with Crippen LogP contribution in [0.15, 0.2) is 59.0 Å². The van der Waals surface area contributed by atoms with Crippen molar-refractivity contribution in [3.05, 3.63) is 76.2 Å². The van der Waals surface area contributed by atoms with Crippen molar-refractivity contribution >= 4 is 40.1 Å². The maximum absolute atomic E-state index is 12.5. The van der Waals surface area contributed by atoms with Gasteiger partial charge in [0, 0.05) is 22.7 Å². The van der Waals surface area contributed by atoms with Gasteiger partial charge in [0.1, 0.15) is 11.5 Å². The molecule has 0 fully saturated rings. The van der Waals surface area contributed by atoms with Gasteiger partial charge in [-0.3, -0.25) is 4.79 Å². The number of hydrogen-bond acceptors (Lipinski definition) is 3. The van der Waals surface area contributed by atoms with Crippen molar-refractivity contribution in [1.29, 1.82) is 0 Å². The zero-order valence-electron chi connectivity index (χ0n) is 15.1. The van der Waals surface area contributed by atoms with Gasteiger partial charge in [-0.05, 0) is 73.1 Å². The van der Waals surface area contributed by atoms with Gasteiger partial charge >= 0.3 is 0 Å². The topological polar surface area (TPSA) is 60.1 Å². The van der Waals surface area contributed by atoms with Gasteiger partial charge < -0.3 is 14.3 Å². The molecule has 5 nitrogen and oxygen atoms in total. The van der Waals surface area contributed by atoms with Crippen LogP contribution in [0.1, 0.15) is 23.0 Å². The first-order valence-corrected chi connectivity index (χ1v) is 9.59. The molecule has 1 amide bonds. The lowest BCUT2D eigenvalue weighted by Gasteiger charge is -2.05. The number of nitrogens with one attached hydrogen (secondary N) is 1. The van der Waals surface area contributed by atoms with E-state index in [1.54, 1.807) is 12.1 Å². The van der Waals surface area contributed by atoms with Crippen molar-refractivity contribution in [2.24, 2.45) is 0 Å². The minimum Gasteiger partial charge on any atom is -0.459 e. The summed E-state index contributed by atoms with van der Waals surface area (Å²) in [4.78, 5) is 16.8. The Labute approximate surface area is 171 Å². The highest BCUT2D eigenvalue weighted by atomic mass is 35.5. The second-order valence-corrected chi connectivity index (χ2v) is 7.06. The van der Waals surface area contributed by atoms with Gasteiger partial charge in [0.15, 0.2) is 0 Å². The number of nitrogens with zero attached hydrogens (tertiary/aromatic N) is 2. The van der Waals surface area contributed by atoms with Crippen LogP contribution in [0.5, 0.6) is 0 Å². The third-order valence-corrected chi connectivity index (χ3v) is 5.03. The first kappa shape index (κ1) is 18.6. The summed E-state index contributed by atoms with van der Waals surface area (Å²) in [5.41, 5.74) is 3.05. The number of hydrogen-bond donors (Lipinski definition) is 1. The highest BCUT2D eigenvalue weighted by molar-refractivity contribution is 6.30. The van der Waals surface area contributed by atoms with Crippen LogP contribution in [0.4, 0.5) is 0 Å². The molecule has 142 valence electrons. The molecule has 0 atom stereocenters. The lowest BCUT2D eigenvalue weighted by Crippen LogP contribution is -2.22. The molecule has 2 heterocycles. The molecular weight excluding hydrogens is 397 g/mol. The number of furan rings is 1. The minimum absolute atomic E-state index is 0.200. The third-order valence-electron chi connectivity index (χ3n) is 4.49. The highest BCUT2D eigenvalue weighted by Gasteiger charge is 2.12. The standard InChI is InChI=1S/C21H17Cl2N3O2/c1-2-26-18-9-5-14(11-17(18)25-21(26)23)20(27)24-12-16-8-10-19(28-16)13-3-6-15(22)7-4-13/h3-11H,2,12H2,1H3,(H,24,27). The van der Waals surface area contributed by atoms with Crippen LogP contribution >= 0.6 is 23.2 Å². The molecule has 1 N–H and O–H groups in total. The van der Waals surface area contributed by atoms with Gasteiger partial charge in [-0.15, -0.1) is 0 Å². The van der Waals surface area contributed by atoms with E-state index in [9.17, 15) is 4.79 Å². The van der Waals surface area contributed by atoms with Crippen molar-refractivity contribution in [2.75, 3.05) is 0 Å². The average molecular weight is 414 g/mol. The van der Waals surface area contributed by atoms with Crippen LogP contribution in [-0.2, 0) is 13.1 Å². The number of halogens is 2. The van der Waals surface area contributed by atoms with Gasteiger partial charge in [-0.1, -0.05) is 11.6 Å². The van der Waals surface area contributed by atoms with Gasteiger partial charge in [0.2, 0.25) is 5.28 Å². The Morgan fingerprint density at radius 2 is 1.89 bits per heavy atom. The lowest BCUT2D eigenvalue weighted by atomic mass is 10.2. The maximum Gasteiger partial charge on any atom is 0.251 e. The third kappa shape index (κ3) is 3.63. The van der Waals surface area contributed by atoms with E-state index in [1.807, 2.05) is 54.0 Å². The molecule has 28 heavy (non-hydrogen) atoms. The maximum atomic E-state index is 12.5. The Bertz CT molecular complexity index is 1150. The number of fused-ring (bicyclic) bond motifs is 1. The first-order valence-electron chi connectivity index (χ1n) is 8.84. The predicted molar refractivity (Wildman–Crippen MR) is 111 cm³/mol. The predicted octanol–water partition coefficient (Wildman–Crippen LogP) is 5.55. The largest absolute Gasteiger partial charge is 0.459 e.